The number of rotatable bonds is 6. The Morgan fingerprint density at radius 2 is 1.69 bits per heavy atom. The summed E-state index contributed by atoms with van der Waals surface area (Å²) in [5.41, 5.74) is 0.846. The van der Waals surface area contributed by atoms with Crippen LogP contribution in [0.3, 0.4) is 0 Å². The number of halogens is 3. The first-order chi connectivity index (χ1) is 16.6. The van der Waals surface area contributed by atoms with Crippen LogP contribution in [0.2, 0.25) is 0 Å². The van der Waals surface area contributed by atoms with Gasteiger partial charge in [0.15, 0.2) is 5.82 Å². The molecular weight excluding hydrogens is 479 g/mol. The summed E-state index contributed by atoms with van der Waals surface area (Å²) in [6.07, 6.45) is -2.41. The minimum atomic E-state index is -4.50. The molecule has 2 amide bonds. The molecule has 4 aromatic rings. The second-order valence-electron chi connectivity index (χ2n) is 7.88. The van der Waals surface area contributed by atoms with E-state index in [0.29, 0.717) is 21.9 Å². The van der Waals surface area contributed by atoms with Crippen molar-refractivity contribution < 1.29 is 22.8 Å². The smallest absolute Gasteiger partial charge is 0.322 e. The van der Waals surface area contributed by atoms with Crippen molar-refractivity contribution in [3.63, 3.8) is 0 Å². The van der Waals surface area contributed by atoms with E-state index in [0.717, 1.165) is 12.3 Å². The van der Waals surface area contributed by atoms with Gasteiger partial charge in [-0.05, 0) is 47.7 Å². The zero-order valence-corrected chi connectivity index (χ0v) is 19.4. The first kappa shape index (κ1) is 24.1. The number of nitrogens with one attached hydrogen (secondary N) is 2. The molecule has 4 rings (SSSR count). The van der Waals surface area contributed by atoms with Crippen molar-refractivity contribution in [2.75, 3.05) is 10.6 Å². The van der Waals surface area contributed by atoms with Crippen molar-refractivity contribution in [3.05, 3.63) is 88.0 Å². The van der Waals surface area contributed by atoms with Crippen LogP contribution in [-0.2, 0) is 6.18 Å². The van der Waals surface area contributed by atoms with E-state index in [2.05, 4.69) is 20.7 Å². The number of hydrogen-bond acceptors (Lipinski definition) is 5. The predicted molar refractivity (Wildman–Crippen MR) is 127 cm³/mol. The van der Waals surface area contributed by atoms with E-state index in [1.165, 1.54) is 28.3 Å². The highest BCUT2D eigenvalue weighted by molar-refractivity contribution is 7.12. The molecule has 2 N–H and O–H groups in total. The highest BCUT2D eigenvalue weighted by atomic mass is 32.1. The maximum Gasteiger partial charge on any atom is 0.417 e. The van der Waals surface area contributed by atoms with Crippen LogP contribution in [0.25, 0.3) is 5.82 Å². The van der Waals surface area contributed by atoms with E-state index in [-0.39, 0.29) is 23.2 Å². The number of aromatic nitrogens is 3. The molecule has 0 fully saturated rings. The molecule has 1 aromatic carbocycles. The van der Waals surface area contributed by atoms with Gasteiger partial charge in [0.2, 0.25) is 0 Å². The summed E-state index contributed by atoms with van der Waals surface area (Å²) in [5, 5.41) is 11.6. The lowest BCUT2D eigenvalue weighted by Gasteiger charge is -2.13. The summed E-state index contributed by atoms with van der Waals surface area (Å²) in [4.78, 5) is 29.8. The molecule has 35 heavy (non-hydrogen) atoms. The first-order valence-corrected chi connectivity index (χ1v) is 11.4. The Hall–Kier alpha value is -3.99. The van der Waals surface area contributed by atoms with Crippen molar-refractivity contribution >= 4 is 34.5 Å². The Morgan fingerprint density at radius 1 is 0.971 bits per heavy atom. The molecule has 3 aromatic heterocycles. The number of nitrogens with zero attached hydrogens (tertiary/aromatic N) is 3. The third-order valence-corrected chi connectivity index (χ3v) is 5.88. The summed E-state index contributed by atoms with van der Waals surface area (Å²) in [7, 11) is 0. The average Bonchev–Trinajstić information content (AvgIpc) is 3.49. The van der Waals surface area contributed by atoms with Crippen LogP contribution in [0.15, 0.2) is 66.3 Å². The van der Waals surface area contributed by atoms with E-state index in [9.17, 15) is 22.8 Å². The second-order valence-corrected chi connectivity index (χ2v) is 8.83. The Labute approximate surface area is 202 Å². The van der Waals surface area contributed by atoms with Gasteiger partial charge in [-0.2, -0.15) is 18.3 Å². The number of anilines is 2. The maximum absolute atomic E-state index is 13.1. The van der Waals surface area contributed by atoms with Crippen molar-refractivity contribution in [1.82, 2.24) is 14.8 Å². The van der Waals surface area contributed by atoms with Crippen molar-refractivity contribution in [2.24, 2.45) is 0 Å². The van der Waals surface area contributed by atoms with Gasteiger partial charge in [-0.3, -0.25) is 9.59 Å². The second kappa shape index (κ2) is 9.71. The monoisotopic (exact) mass is 499 g/mol. The van der Waals surface area contributed by atoms with E-state index >= 15 is 0 Å². The minimum absolute atomic E-state index is 0.166. The Kier molecular flexibility index (Phi) is 6.70. The van der Waals surface area contributed by atoms with Crippen LogP contribution < -0.4 is 10.6 Å². The van der Waals surface area contributed by atoms with Gasteiger partial charge in [0.25, 0.3) is 11.8 Å². The van der Waals surface area contributed by atoms with Crippen LogP contribution in [0.1, 0.15) is 51.1 Å². The fraction of sp³-hybridized carbons (Fsp3) is 0.167. The Morgan fingerprint density at radius 3 is 2.26 bits per heavy atom. The fourth-order valence-electron chi connectivity index (χ4n) is 3.42. The predicted octanol–water partition coefficient (Wildman–Crippen LogP) is 5.98. The van der Waals surface area contributed by atoms with Crippen molar-refractivity contribution in [2.45, 2.75) is 25.9 Å². The van der Waals surface area contributed by atoms with Gasteiger partial charge in [-0.1, -0.05) is 26.0 Å². The molecule has 0 saturated carbocycles. The first-order valence-electron chi connectivity index (χ1n) is 10.5. The van der Waals surface area contributed by atoms with Crippen LogP contribution in [0.4, 0.5) is 24.5 Å². The molecule has 0 atom stereocenters. The zero-order chi connectivity index (χ0) is 25.2. The number of amides is 2. The van der Waals surface area contributed by atoms with E-state index in [1.807, 2.05) is 13.8 Å². The summed E-state index contributed by atoms with van der Waals surface area (Å²) >= 11 is 1.32. The molecule has 0 spiro atoms. The topological polar surface area (TPSA) is 88.9 Å². The molecule has 0 aliphatic carbocycles. The lowest BCUT2D eigenvalue weighted by Crippen LogP contribution is -2.16. The molecule has 0 aliphatic heterocycles. The summed E-state index contributed by atoms with van der Waals surface area (Å²) in [6.45, 7) is 3.68. The van der Waals surface area contributed by atoms with Gasteiger partial charge >= 0.3 is 6.18 Å². The molecule has 3 heterocycles. The molecular formula is C24H20F3N5O2S. The lowest BCUT2D eigenvalue weighted by atomic mass is 10.1. The van der Waals surface area contributed by atoms with E-state index < -0.39 is 17.6 Å². The van der Waals surface area contributed by atoms with Gasteiger partial charge < -0.3 is 10.6 Å². The van der Waals surface area contributed by atoms with Crippen LogP contribution >= 0.6 is 11.3 Å². The summed E-state index contributed by atoms with van der Waals surface area (Å²) in [5.74, 6) is -0.720. The average molecular weight is 500 g/mol. The SMILES string of the molecule is CC(C)c1c(C(=O)Nc2cccc(NC(=O)c3cccs3)c2)cnn1-c1ccc(C(F)(F)F)cn1. The summed E-state index contributed by atoms with van der Waals surface area (Å²) < 4.78 is 40.0. The summed E-state index contributed by atoms with van der Waals surface area (Å²) in [6, 6.07) is 12.3. The largest absolute Gasteiger partial charge is 0.417 e. The van der Waals surface area contributed by atoms with Gasteiger partial charge in [0, 0.05) is 17.6 Å². The van der Waals surface area contributed by atoms with Crippen molar-refractivity contribution in [3.8, 4) is 5.82 Å². The third kappa shape index (κ3) is 5.40. The van der Waals surface area contributed by atoms with Crippen LogP contribution in [0.5, 0.6) is 0 Å². The minimum Gasteiger partial charge on any atom is -0.322 e. The Balaban J connectivity index is 1.55. The molecule has 180 valence electrons. The van der Waals surface area contributed by atoms with E-state index in [1.54, 1.807) is 41.8 Å². The van der Waals surface area contributed by atoms with Crippen LogP contribution in [0, 0.1) is 0 Å². The van der Waals surface area contributed by atoms with Gasteiger partial charge in [-0.15, -0.1) is 11.3 Å². The molecule has 7 nitrogen and oxygen atoms in total. The fourth-order valence-corrected chi connectivity index (χ4v) is 4.04. The molecule has 0 aliphatic rings. The highest BCUT2D eigenvalue weighted by Gasteiger charge is 2.31. The standard InChI is InChI=1S/C24H20F3N5O2S/c1-14(2)21-18(13-29-32(21)20-9-8-15(12-28-20)24(25,26)27)22(33)30-16-5-3-6-17(11-16)31-23(34)19-7-4-10-35-19/h3-14H,1-2H3,(H,30,33)(H,31,34). The number of benzene rings is 1. The number of thiophene rings is 1. The van der Waals surface area contributed by atoms with Crippen LogP contribution in [-0.4, -0.2) is 26.6 Å². The van der Waals surface area contributed by atoms with E-state index in [4.69, 9.17) is 0 Å². The third-order valence-electron chi connectivity index (χ3n) is 5.01. The lowest BCUT2D eigenvalue weighted by molar-refractivity contribution is -0.137. The highest BCUT2D eigenvalue weighted by Crippen LogP contribution is 2.30. The number of carbonyl (C=O) groups excluding carboxylic acids is 2. The zero-order valence-electron chi connectivity index (χ0n) is 18.6. The molecule has 0 bridgehead atoms. The normalized spacial score (nSPS) is 11.5. The Bertz CT molecular complexity index is 1350. The molecule has 11 heteroatoms. The molecule has 0 unspecified atom stereocenters. The maximum atomic E-state index is 13.1. The number of pyridine rings is 1. The van der Waals surface area contributed by atoms with Gasteiger partial charge in [0.05, 0.1) is 27.9 Å². The molecule has 0 saturated heterocycles. The van der Waals surface area contributed by atoms with Gasteiger partial charge in [0.1, 0.15) is 0 Å². The molecule has 0 radical (unpaired) electrons. The van der Waals surface area contributed by atoms with Gasteiger partial charge in [-0.25, -0.2) is 9.67 Å². The number of hydrogen-bond donors (Lipinski definition) is 2. The number of carbonyl (C=O) groups is 2. The quantitative estimate of drug-likeness (QED) is 0.342. The number of alkyl halides is 3. The van der Waals surface area contributed by atoms with Crippen molar-refractivity contribution in [1.29, 1.82) is 0 Å².